The first-order valence-corrected chi connectivity index (χ1v) is 14.9. The van der Waals surface area contributed by atoms with Crippen molar-refractivity contribution in [1.82, 2.24) is 9.55 Å². The quantitative estimate of drug-likeness (QED) is 0.737. The zero-order valence-electron chi connectivity index (χ0n) is 9.20. The normalized spacial score (nSPS) is 12.3. The Hall–Kier alpha value is -0.511. The molecule has 2 rings (SSSR count). The first kappa shape index (κ1) is 10.0. The summed E-state index contributed by atoms with van der Waals surface area (Å²) in [6, 6.07) is 2.22. The Morgan fingerprint density at radius 1 is 1.21 bits per heavy atom. The van der Waals surface area contributed by atoms with Crippen LogP contribution in [0.15, 0.2) is 24.7 Å². The van der Waals surface area contributed by atoms with Gasteiger partial charge in [-0.05, 0) is 0 Å². The molecule has 0 unspecified atom stereocenters. The molecule has 3 heteroatoms. The van der Waals surface area contributed by atoms with Crippen LogP contribution in [0.3, 0.4) is 0 Å². The molecule has 0 saturated carbocycles. The van der Waals surface area contributed by atoms with E-state index in [1.54, 1.807) is 0 Å². The number of aryl methyl sites for hydroxylation is 1. The number of aromatic nitrogens is 2. The van der Waals surface area contributed by atoms with Gasteiger partial charge >= 0.3 is 88.9 Å². The zero-order chi connectivity index (χ0) is 10.3. The Bertz CT molecular complexity index is 466. The van der Waals surface area contributed by atoms with Crippen LogP contribution in [-0.2, 0) is 7.05 Å². The number of fused-ring (bicyclic) bond motifs is 1. The fourth-order valence-electron chi connectivity index (χ4n) is 1.78. The molecule has 14 heavy (non-hydrogen) atoms. The van der Waals surface area contributed by atoms with Crippen molar-refractivity contribution in [3.63, 3.8) is 0 Å². The van der Waals surface area contributed by atoms with E-state index in [1.807, 2.05) is 6.20 Å². The van der Waals surface area contributed by atoms with Crippen LogP contribution in [0, 0.1) is 0 Å². The van der Waals surface area contributed by atoms with Crippen LogP contribution in [0.25, 0.3) is 10.9 Å². The molecule has 0 saturated heterocycles. The summed E-state index contributed by atoms with van der Waals surface area (Å²) < 4.78 is 3.67. The molecule has 0 radical (unpaired) electrons. The molecule has 74 valence electrons. The van der Waals surface area contributed by atoms with E-state index >= 15 is 0 Å². The van der Waals surface area contributed by atoms with Crippen molar-refractivity contribution in [3.05, 3.63) is 24.7 Å². The first-order chi connectivity index (χ1) is 6.50. The van der Waals surface area contributed by atoms with E-state index in [9.17, 15) is 0 Å². The molecule has 0 aliphatic heterocycles. The molecule has 0 N–H and O–H groups in total. The van der Waals surface area contributed by atoms with E-state index in [0.717, 1.165) is 0 Å². The van der Waals surface area contributed by atoms with Gasteiger partial charge in [-0.1, -0.05) is 0 Å². The van der Waals surface area contributed by atoms with E-state index in [1.165, 1.54) is 14.5 Å². The van der Waals surface area contributed by atoms with Crippen molar-refractivity contribution < 1.29 is 0 Å². The van der Waals surface area contributed by atoms with Crippen LogP contribution in [0.5, 0.6) is 0 Å². The molecule has 0 bridgehead atoms. The molecule has 0 fully saturated rings. The Labute approximate surface area is 88.8 Å². The van der Waals surface area contributed by atoms with E-state index in [2.05, 4.69) is 49.9 Å². The third-order valence-electron chi connectivity index (χ3n) is 2.62. The molecule has 0 spiro atoms. The molecule has 2 aromatic rings. The van der Waals surface area contributed by atoms with Gasteiger partial charge in [0.2, 0.25) is 0 Å². The van der Waals surface area contributed by atoms with Crippen LogP contribution < -0.4 is 3.58 Å². The number of rotatable bonds is 1. The molecule has 0 amide bonds. The monoisotopic (exact) mass is 296 g/mol. The van der Waals surface area contributed by atoms with Gasteiger partial charge in [-0.25, -0.2) is 0 Å². The Morgan fingerprint density at radius 2 is 1.93 bits per heavy atom. The van der Waals surface area contributed by atoms with Crippen LogP contribution in [-0.4, -0.2) is 27.9 Å². The van der Waals surface area contributed by atoms with Crippen LogP contribution in [0.1, 0.15) is 0 Å². The van der Waals surface area contributed by atoms with Gasteiger partial charge in [0.1, 0.15) is 0 Å². The van der Waals surface area contributed by atoms with Crippen molar-refractivity contribution in [3.8, 4) is 0 Å². The molecular weight excluding hydrogens is 279 g/mol. The summed E-state index contributed by atoms with van der Waals surface area (Å²) in [5, 5.41) is 1.41. The Morgan fingerprint density at radius 3 is 2.57 bits per heavy atom. The summed E-state index contributed by atoms with van der Waals surface area (Å²) in [6.07, 6.45) is 6.14. The molecule has 0 aliphatic carbocycles. The summed E-state index contributed by atoms with van der Waals surface area (Å²) in [6.45, 7) is 0. The summed E-state index contributed by atoms with van der Waals surface area (Å²) in [7, 11) is 2.08. The van der Waals surface area contributed by atoms with Gasteiger partial charge < -0.3 is 0 Å². The first-order valence-electron chi connectivity index (χ1n) is 4.89. The van der Waals surface area contributed by atoms with Crippen molar-refractivity contribution >= 4 is 32.9 Å². The third kappa shape index (κ3) is 1.56. The zero-order valence-corrected chi connectivity index (χ0v) is 12.1. The topological polar surface area (TPSA) is 17.8 Å². The summed E-state index contributed by atoms with van der Waals surface area (Å²) in [5.74, 6) is 0. The van der Waals surface area contributed by atoms with E-state index in [0.29, 0.717) is 0 Å². The molecule has 2 nitrogen and oxygen atoms in total. The fraction of sp³-hybridized carbons (Fsp3) is 0.364. The number of hydrogen-bond donors (Lipinski definition) is 0. The molecule has 2 aromatic heterocycles. The standard InChI is InChI=1S/C8H7N2.3CH3.Sn/c1-10-5-3-7-2-4-9-6-8(7)10;;;;/h3-6H,1H3;3*1H3;. The summed E-state index contributed by atoms with van der Waals surface area (Å²) in [5.41, 5.74) is 1.26. The van der Waals surface area contributed by atoms with Crippen molar-refractivity contribution in [1.29, 1.82) is 0 Å². The van der Waals surface area contributed by atoms with Gasteiger partial charge in [0.25, 0.3) is 0 Å². The van der Waals surface area contributed by atoms with E-state index in [-0.39, 0.29) is 0 Å². The molecule has 0 aliphatic rings. The van der Waals surface area contributed by atoms with E-state index < -0.39 is 18.4 Å². The molecule has 0 atom stereocenters. The fourth-order valence-corrected chi connectivity index (χ4v) is 6.01. The van der Waals surface area contributed by atoms with E-state index in [4.69, 9.17) is 0 Å². The number of hydrogen-bond acceptors (Lipinski definition) is 1. The third-order valence-corrected chi connectivity index (χ3v) is 8.37. The Kier molecular flexibility index (Phi) is 2.33. The van der Waals surface area contributed by atoms with Crippen molar-refractivity contribution in [2.24, 2.45) is 7.05 Å². The molecule has 0 aromatic carbocycles. The second-order valence-electron chi connectivity index (χ2n) is 4.80. The van der Waals surface area contributed by atoms with Crippen LogP contribution in [0.2, 0.25) is 14.8 Å². The predicted octanol–water partition coefficient (Wildman–Crippen LogP) is 2.12. The number of nitrogens with zero attached hydrogens (tertiary/aromatic N) is 2. The maximum absolute atomic E-state index is 4.34. The summed E-state index contributed by atoms with van der Waals surface area (Å²) in [4.78, 5) is 11.6. The van der Waals surface area contributed by atoms with Gasteiger partial charge in [0.05, 0.1) is 0 Å². The maximum atomic E-state index is 4.34. The van der Waals surface area contributed by atoms with Gasteiger partial charge in [-0.15, -0.1) is 0 Å². The molecular formula is C11H16N2Sn. The minimum absolute atomic E-state index is 1.26. The average molecular weight is 295 g/mol. The van der Waals surface area contributed by atoms with Crippen molar-refractivity contribution in [2.45, 2.75) is 14.8 Å². The van der Waals surface area contributed by atoms with Crippen LogP contribution >= 0.6 is 0 Å². The molecule has 2 heterocycles. The van der Waals surface area contributed by atoms with Gasteiger partial charge in [-0.3, -0.25) is 0 Å². The Balaban J connectivity index is 2.79. The minimum atomic E-state index is -1.99. The van der Waals surface area contributed by atoms with Crippen molar-refractivity contribution in [2.75, 3.05) is 0 Å². The SMILES string of the molecule is Cn1ccc2[c]([Sn]([CH3])([CH3])[CH3])cncc21. The number of pyridine rings is 1. The van der Waals surface area contributed by atoms with Gasteiger partial charge in [0.15, 0.2) is 0 Å². The average Bonchev–Trinajstić information content (AvgIpc) is 2.46. The summed E-state index contributed by atoms with van der Waals surface area (Å²) >= 11 is -1.99. The second-order valence-corrected chi connectivity index (χ2v) is 19.2. The van der Waals surface area contributed by atoms with Gasteiger partial charge in [-0.2, -0.15) is 0 Å². The second kappa shape index (κ2) is 3.26. The predicted molar refractivity (Wildman–Crippen MR) is 63.7 cm³/mol. The van der Waals surface area contributed by atoms with Crippen LogP contribution in [0.4, 0.5) is 0 Å². The van der Waals surface area contributed by atoms with Gasteiger partial charge in [0, 0.05) is 0 Å².